The molecule has 2 aromatic rings. The molecule has 0 bridgehead atoms. The molecular weight excluding hydrogens is 356 g/mol. The van der Waals surface area contributed by atoms with Gasteiger partial charge < -0.3 is 9.26 Å². The zero-order valence-electron chi connectivity index (χ0n) is 15.1. The van der Waals surface area contributed by atoms with E-state index in [2.05, 4.69) is 5.16 Å². The van der Waals surface area contributed by atoms with Crippen molar-refractivity contribution in [2.24, 2.45) is 5.92 Å². The Labute approximate surface area is 153 Å². The highest BCUT2D eigenvalue weighted by Crippen LogP contribution is 2.29. The molecule has 26 heavy (non-hydrogen) atoms. The van der Waals surface area contributed by atoms with Crippen molar-refractivity contribution in [3.63, 3.8) is 0 Å². The Morgan fingerprint density at radius 2 is 1.81 bits per heavy atom. The van der Waals surface area contributed by atoms with Crippen molar-refractivity contribution in [2.45, 2.75) is 31.6 Å². The van der Waals surface area contributed by atoms with Gasteiger partial charge in [0.1, 0.15) is 16.3 Å². The second kappa shape index (κ2) is 7.20. The predicted molar refractivity (Wildman–Crippen MR) is 94.8 cm³/mol. The first kappa shape index (κ1) is 18.6. The smallest absolute Gasteiger partial charge is 0.248 e. The molecule has 8 heteroatoms. The lowest BCUT2D eigenvalue weighted by atomic mass is 9.89. The maximum Gasteiger partial charge on any atom is 0.248 e. The van der Waals surface area contributed by atoms with Gasteiger partial charge in [-0.3, -0.25) is 4.79 Å². The molecule has 0 aliphatic carbocycles. The fourth-order valence-electron chi connectivity index (χ4n) is 3.32. The summed E-state index contributed by atoms with van der Waals surface area (Å²) in [5, 5.41) is 3.73. The molecule has 1 aliphatic rings. The van der Waals surface area contributed by atoms with Crippen LogP contribution in [0.4, 0.5) is 0 Å². The number of carbonyl (C=O) groups excluding carboxylic acids is 1. The molecule has 1 fully saturated rings. The Kier molecular flexibility index (Phi) is 5.15. The zero-order valence-corrected chi connectivity index (χ0v) is 15.9. The summed E-state index contributed by atoms with van der Waals surface area (Å²) in [6, 6.07) is 7.00. The largest absolute Gasteiger partial charge is 0.497 e. The van der Waals surface area contributed by atoms with Crippen LogP contribution >= 0.6 is 0 Å². The van der Waals surface area contributed by atoms with Gasteiger partial charge in [-0.2, -0.15) is 4.31 Å². The van der Waals surface area contributed by atoms with Crippen molar-refractivity contribution in [1.82, 2.24) is 9.46 Å². The molecule has 1 aromatic carbocycles. The minimum atomic E-state index is -3.65. The Bertz CT molecular complexity index is 875. The molecule has 0 unspecified atom stereocenters. The van der Waals surface area contributed by atoms with Gasteiger partial charge in [0, 0.05) is 24.6 Å². The number of sulfonamides is 1. The number of nitrogens with zero attached hydrogens (tertiary/aromatic N) is 2. The van der Waals surface area contributed by atoms with Gasteiger partial charge in [-0.1, -0.05) is 5.16 Å². The van der Waals surface area contributed by atoms with Gasteiger partial charge in [-0.05, 0) is 51.0 Å². The highest BCUT2D eigenvalue weighted by atomic mass is 32.2. The predicted octanol–water partition coefficient (Wildman–Crippen LogP) is 2.58. The number of aryl methyl sites for hydroxylation is 2. The molecule has 0 atom stereocenters. The minimum absolute atomic E-state index is 0.0436. The number of ketones is 1. The monoisotopic (exact) mass is 378 g/mol. The summed E-state index contributed by atoms with van der Waals surface area (Å²) in [5.41, 5.74) is 0.983. The topological polar surface area (TPSA) is 89.7 Å². The fourth-order valence-corrected chi connectivity index (χ4v) is 5.08. The second-order valence-corrected chi connectivity index (χ2v) is 8.30. The molecule has 140 valence electrons. The first-order valence-corrected chi connectivity index (χ1v) is 9.90. The molecule has 1 aromatic heterocycles. The third-order valence-electron chi connectivity index (χ3n) is 4.76. The van der Waals surface area contributed by atoms with Crippen molar-refractivity contribution >= 4 is 15.8 Å². The number of aromatic nitrogens is 1. The third-order valence-corrected chi connectivity index (χ3v) is 6.91. The number of hydrogen-bond acceptors (Lipinski definition) is 6. The van der Waals surface area contributed by atoms with Gasteiger partial charge in [0.15, 0.2) is 11.5 Å². The minimum Gasteiger partial charge on any atom is -0.497 e. The number of carbonyl (C=O) groups is 1. The van der Waals surface area contributed by atoms with Crippen LogP contribution < -0.4 is 4.74 Å². The first-order valence-electron chi connectivity index (χ1n) is 8.46. The van der Waals surface area contributed by atoms with Gasteiger partial charge in [-0.15, -0.1) is 0 Å². The Balaban J connectivity index is 1.69. The van der Waals surface area contributed by atoms with E-state index in [1.165, 1.54) is 4.31 Å². The molecule has 0 spiro atoms. The van der Waals surface area contributed by atoms with Crippen LogP contribution in [0.25, 0.3) is 0 Å². The number of methoxy groups -OCH3 is 1. The molecule has 0 radical (unpaired) electrons. The fraction of sp³-hybridized carbons (Fsp3) is 0.444. The normalized spacial score (nSPS) is 16.6. The number of benzene rings is 1. The lowest BCUT2D eigenvalue weighted by Crippen LogP contribution is -2.40. The van der Waals surface area contributed by atoms with Crippen LogP contribution in [0.3, 0.4) is 0 Å². The van der Waals surface area contributed by atoms with Crippen LogP contribution in [-0.2, 0) is 10.0 Å². The van der Waals surface area contributed by atoms with Crippen molar-refractivity contribution in [1.29, 1.82) is 0 Å². The summed E-state index contributed by atoms with van der Waals surface area (Å²) < 4.78 is 37.2. The first-order chi connectivity index (χ1) is 12.3. The highest BCUT2D eigenvalue weighted by molar-refractivity contribution is 7.89. The van der Waals surface area contributed by atoms with E-state index in [-0.39, 0.29) is 16.6 Å². The molecule has 1 aliphatic heterocycles. The average Bonchev–Trinajstić information content (AvgIpc) is 3.00. The lowest BCUT2D eigenvalue weighted by Gasteiger charge is -2.30. The average molecular weight is 378 g/mol. The summed E-state index contributed by atoms with van der Waals surface area (Å²) in [5.74, 6) is 0.849. The van der Waals surface area contributed by atoms with Crippen molar-refractivity contribution in [2.75, 3.05) is 20.2 Å². The Morgan fingerprint density at radius 3 is 2.31 bits per heavy atom. The summed E-state index contributed by atoms with van der Waals surface area (Å²) in [6.07, 6.45) is 0.987. The van der Waals surface area contributed by atoms with Gasteiger partial charge in [0.05, 0.1) is 7.11 Å². The summed E-state index contributed by atoms with van der Waals surface area (Å²) in [6.45, 7) is 3.81. The molecule has 0 saturated carbocycles. The maximum atomic E-state index is 12.8. The Morgan fingerprint density at radius 1 is 1.19 bits per heavy atom. The number of ether oxygens (including phenoxy) is 1. The van der Waals surface area contributed by atoms with Crippen LogP contribution in [0, 0.1) is 19.8 Å². The number of Topliss-reactive ketones (excluding diaryl/α,β-unsaturated/α-hetero) is 1. The quantitative estimate of drug-likeness (QED) is 0.743. The Hall–Kier alpha value is -2.19. The lowest BCUT2D eigenvalue weighted by molar-refractivity contribution is 0.0875. The van der Waals surface area contributed by atoms with Crippen molar-refractivity contribution in [3.8, 4) is 5.75 Å². The van der Waals surface area contributed by atoms with Crippen molar-refractivity contribution < 1.29 is 22.5 Å². The van der Waals surface area contributed by atoms with Gasteiger partial charge >= 0.3 is 0 Å². The third kappa shape index (κ3) is 3.39. The van der Waals surface area contributed by atoms with E-state index < -0.39 is 10.0 Å². The number of piperidine rings is 1. The van der Waals surface area contributed by atoms with Crippen LogP contribution in [0.15, 0.2) is 33.7 Å². The van der Waals surface area contributed by atoms with Gasteiger partial charge in [0.25, 0.3) is 0 Å². The van der Waals surface area contributed by atoms with Crippen LogP contribution in [0.5, 0.6) is 5.75 Å². The van der Waals surface area contributed by atoms with E-state index in [0.29, 0.717) is 48.7 Å². The molecule has 3 rings (SSSR count). The van der Waals surface area contributed by atoms with Crippen LogP contribution in [0.1, 0.15) is 34.7 Å². The molecule has 1 saturated heterocycles. The SMILES string of the molecule is COc1ccc(C(=O)C2CCN(S(=O)(=O)c3c(C)noc3C)CC2)cc1. The van der Waals surface area contributed by atoms with E-state index in [9.17, 15) is 13.2 Å². The number of hydrogen-bond donors (Lipinski definition) is 0. The molecule has 0 amide bonds. The van der Waals surface area contributed by atoms with E-state index in [0.717, 1.165) is 0 Å². The molecule has 0 N–H and O–H groups in total. The van der Waals surface area contributed by atoms with Crippen molar-refractivity contribution in [3.05, 3.63) is 41.3 Å². The van der Waals surface area contributed by atoms with E-state index >= 15 is 0 Å². The van der Waals surface area contributed by atoms with Crippen LogP contribution in [0.2, 0.25) is 0 Å². The van der Waals surface area contributed by atoms with E-state index in [4.69, 9.17) is 9.26 Å². The van der Waals surface area contributed by atoms with E-state index in [1.54, 1.807) is 45.2 Å². The zero-order chi connectivity index (χ0) is 18.9. The number of rotatable bonds is 5. The maximum absolute atomic E-state index is 12.8. The standard InChI is InChI=1S/C18H22N2O5S/c1-12-18(13(2)25-19-12)26(22,23)20-10-8-15(9-11-20)17(21)14-4-6-16(24-3)7-5-14/h4-7,15H,8-11H2,1-3H3. The highest BCUT2D eigenvalue weighted by Gasteiger charge is 2.35. The second-order valence-electron chi connectivity index (χ2n) is 6.42. The summed E-state index contributed by atoms with van der Waals surface area (Å²) in [4.78, 5) is 12.8. The summed E-state index contributed by atoms with van der Waals surface area (Å²) >= 11 is 0. The summed E-state index contributed by atoms with van der Waals surface area (Å²) in [7, 11) is -2.08. The van der Waals surface area contributed by atoms with Gasteiger partial charge in [0.2, 0.25) is 10.0 Å². The molecular formula is C18H22N2O5S. The van der Waals surface area contributed by atoms with E-state index in [1.807, 2.05) is 0 Å². The molecule has 7 nitrogen and oxygen atoms in total. The van der Waals surface area contributed by atoms with Crippen LogP contribution in [-0.4, -0.2) is 43.9 Å². The van der Waals surface area contributed by atoms with Gasteiger partial charge in [-0.25, -0.2) is 8.42 Å². The molecule has 2 heterocycles.